The zero-order valence-corrected chi connectivity index (χ0v) is 18.3. The maximum atomic E-state index is 4.59. The van der Waals surface area contributed by atoms with Crippen LogP contribution in [0.1, 0.15) is 17.0 Å². The summed E-state index contributed by atoms with van der Waals surface area (Å²) in [5, 5.41) is 12.6. The predicted molar refractivity (Wildman–Crippen MR) is 133 cm³/mol. The fourth-order valence-electron chi connectivity index (χ4n) is 4.08. The van der Waals surface area contributed by atoms with E-state index in [0.717, 1.165) is 59.7 Å². The number of nitrogens with one attached hydrogen (secondary N) is 2. The molecule has 2 aromatic carbocycles. The Hall–Kier alpha value is -3.64. The number of fused-ring (bicyclic) bond motifs is 1. The minimum atomic E-state index is 0.681. The summed E-state index contributed by atoms with van der Waals surface area (Å²) in [7, 11) is 2.18. The number of H-pyrrole nitrogens is 1. The molecule has 0 saturated carbocycles. The van der Waals surface area contributed by atoms with Crippen LogP contribution in [-0.4, -0.2) is 53.3 Å². The van der Waals surface area contributed by atoms with Crippen LogP contribution in [0, 0.1) is 0 Å². The molecule has 2 aromatic heterocycles. The number of nitrogens with zero attached hydrogens (tertiary/aromatic N) is 4. The molecular formula is C26H28N6. The van der Waals surface area contributed by atoms with Crippen molar-refractivity contribution in [2.24, 2.45) is 0 Å². The second-order valence-electron chi connectivity index (χ2n) is 8.23. The van der Waals surface area contributed by atoms with E-state index in [1.807, 2.05) is 42.6 Å². The van der Waals surface area contributed by atoms with Gasteiger partial charge in [-0.15, -0.1) is 0 Å². The van der Waals surface area contributed by atoms with Gasteiger partial charge in [-0.05, 0) is 43.0 Å². The number of anilines is 2. The van der Waals surface area contributed by atoms with E-state index in [1.54, 1.807) is 0 Å². The SMILES string of the molecule is CN1CCN(c2cc3[nH]nc(/C=C/c4ccccc4)c3cc2NCc2ccccn2)CC1. The highest BCUT2D eigenvalue weighted by Crippen LogP contribution is 2.33. The summed E-state index contributed by atoms with van der Waals surface area (Å²) >= 11 is 0. The van der Waals surface area contributed by atoms with Crippen molar-refractivity contribution < 1.29 is 0 Å². The van der Waals surface area contributed by atoms with Crippen molar-refractivity contribution in [1.29, 1.82) is 0 Å². The van der Waals surface area contributed by atoms with Gasteiger partial charge in [0.1, 0.15) is 0 Å². The molecule has 0 amide bonds. The first-order chi connectivity index (χ1) is 15.8. The Morgan fingerprint density at radius 1 is 0.969 bits per heavy atom. The van der Waals surface area contributed by atoms with Gasteiger partial charge in [-0.2, -0.15) is 5.10 Å². The quantitative estimate of drug-likeness (QED) is 0.478. The molecule has 0 atom stereocenters. The molecule has 0 bridgehead atoms. The number of hydrogen-bond acceptors (Lipinski definition) is 5. The molecule has 1 fully saturated rings. The van der Waals surface area contributed by atoms with Gasteiger partial charge in [-0.25, -0.2) is 0 Å². The first-order valence-corrected chi connectivity index (χ1v) is 11.1. The molecule has 1 aliphatic heterocycles. The molecule has 1 saturated heterocycles. The van der Waals surface area contributed by atoms with Crippen molar-refractivity contribution in [3.8, 4) is 0 Å². The standard InChI is InChI=1S/C26H28N6/c1-31-13-15-32(16-14-31)26-18-24-22(17-25(26)28-19-21-9-5-6-12-27-21)23(29-30-24)11-10-20-7-3-2-4-8-20/h2-12,17-18,28H,13-16,19H2,1H3,(H,29,30)/b11-10+. The molecule has 5 rings (SSSR count). The minimum absolute atomic E-state index is 0.681. The average molecular weight is 425 g/mol. The van der Waals surface area contributed by atoms with Gasteiger partial charge < -0.3 is 15.1 Å². The van der Waals surface area contributed by atoms with Gasteiger partial charge in [0.15, 0.2) is 0 Å². The summed E-state index contributed by atoms with van der Waals surface area (Å²) in [6, 6.07) is 20.8. The molecule has 1 aliphatic rings. The average Bonchev–Trinajstić information content (AvgIpc) is 3.24. The van der Waals surface area contributed by atoms with Crippen LogP contribution in [0.3, 0.4) is 0 Å². The smallest absolute Gasteiger partial charge is 0.0928 e. The van der Waals surface area contributed by atoms with Gasteiger partial charge in [-0.1, -0.05) is 42.5 Å². The van der Waals surface area contributed by atoms with Gasteiger partial charge in [0.25, 0.3) is 0 Å². The van der Waals surface area contributed by atoms with E-state index in [0.29, 0.717) is 6.54 Å². The number of hydrogen-bond donors (Lipinski definition) is 2. The Kier molecular flexibility index (Phi) is 5.85. The van der Waals surface area contributed by atoms with Gasteiger partial charge in [-0.3, -0.25) is 10.1 Å². The van der Waals surface area contributed by atoms with Gasteiger partial charge in [0.2, 0.25) is 0 Å². The molecule has 0 radical (unpaired) electrons. The van der Waals surface area contributed by atoms with E-state index < -0.39 is 0 Å². The zero-order valence-electron chi connectivity index (χ0n) is 18.3. The van der Waals surface area contributed by atoms with Crippen LogP contribution in [-0.2, 0) is 6.54 Å². The highest BCUT2D eigenvalue weighted by atomic mass is 15.3. The molecule has 0 aliphatic carbocycles. The second kappa shape index (κ2) is 9.24. The zero-order chi connectivity index (χ0) is 21.8. The van der Waals surface area contributed by atoms with Crippen molar-refractivity contribution in [1.82, 2.24) is 20.1 Å². The van der Waals surface area contributed by atoms with Crippen LogP contribution in [0.4, 0.5) is 11.4 Å². The van der Waals surface area contributed by atoms with Crippen molar-refractivity contribution in [2.75, 3.05) is 43.4 Å². The number of aromatic amines is 1. The maximum absolute atomic E-state index is 4.59. The predicted octanol–water partition coefficient (Wildman–Crippen LogP) is 4.49. The Balaban J connectivity index is 1.49. The van der Waals surface area contributed by atoms with Crippen LogP contribution < -0.4 is 10.2 Å². The molecule has 0 unspecified atom stereocenters. The van der Waals surface area contributed by atoms with E-state index in [2.05, 4.69) is 73.8 Å². The Labute approximate surface area is 188 Å². The van der Waals surface area contributed by atoms with Gasteiger partial charge in [0.05, 0.1) is 34.8 Å². The van der Waals surface area contributed by atoms with E-state index in [4.69, 9.17) is 0 Å². The van der Waals surface area contributed by atoms with Crippen LogP contribution in [0.2, 0.25) is 0 Å². The summed E-state index contributed by atoms with van der Waals surface area (Å²) in [6.07, 6.45) is 6.02. The van der Waals surface area contributed by atoms with E-state index in [-0.39, 0.29) is 0 Å². The van der Waals surface area contributed by atoms with Crippen molar-refractivity contribution in [3.05, 3.63) is 83.8 Å². The highest BCUT2D eigenvalue weighted by Gasteiger charge is 2.19. The summed E-state index contributed by atoms with van der Waals surface area (Å²) in [5.74, 6) is 0. The summed E-state index contributed by atoms with van der Waals surface area (Å²) in [5.41, 5.74) is 6.50. The minimum Gasteiger partial charge on any atom is -0.378 e. The number of rotatable bonds is 6. The normalized spacial score (nSPS) is 15.0. The van der Waals surface area contributed by atoms with Crippen LogP contribution in [0.5, 0.6) is 0 Å². The van der Waals surface area contributed by atoms with Crippen LogP contribution in [0.25, 0.3) is 23.1 Å². The lowest BCUT2D eigenvalue weighted by Gasteiger charge is -2.35. The largest absolute Gasteiger partial charge is 0.378 e. The number of piperazine rings is 1. The van der Waals surface area contributed by atoms with Crippen LogP contribution >= 0.6 is 0 Å². The number of likely N-dealkylation sites (N-methyl/N-ethyl adjacent to an activating group) is 1. The third-order valence-electron chi connectivity index (χ3n) is 5.97. The maximum Gasteiger partial charge on any atom is 0.0928 e. The van der Waals surface area contributed by atoms with Crippen molar-refractivity contribution in [2.45, 2.75) is 6.54 Å². The first kappa shape index (κ1) is 20.3. The Morgan fingerprint density at radius 2 is 1.78 bits per heavy atom. The molecule has 0 spiro atoms. The number of pyridine rings is 1. The highest BCUT2D eigenvalue weighted by molar-refractivity contribution is 5.96. The molecule has 2 N–H and O–H groups in total. The Morgan fingerprint density at radius 3 is 2.56 bits per heavy atom. The summed E-state index contributed by atoms with van der Waals surface area (Å²) < 4.78 is 0. The number of benzene rings is 2. The fourth-order valence-corrected chi connectivity index (χ4v) is 4.08. The molecule has 3 heterocycles. The van der Waals surface area contributed by atoms with E-state index >= 15 is 0 Å². The van der Waals surface area contributed by atoms with Gasteiger partial charge in [0, 0.05) is 37.8 Å². The van der Waals surface area contributed by atoms with Crippen molar-refractivity contribution >= 4 is 34.4 Å². The third kappa shape index (κ3) is 4.50. The molecule has 32 heavy (non-hydrogen) atoms. The first-order valence-electron chi connectivity index (χ1n) is 11.1. The third-order valence-corrected chi connectivity index (χ3v) is 5.97. The topological polar surface area (TPSA) is 60.1 Å². The lowest BCUT2D eigenvalue weighted by molar-refractivity contribution is 0.313. The molecule has 6 heteroatoms. The second-order valence-corrected chi connectivity index (χ2v) is 8.23. The summed E-state index contributed by atoms with van der Waals surface area (Å²) in [4.78, 5) is 9.30. The lowest BCUT2D eigenvalue weighted by atomic mass is 10.1. The molecule has 4 aromatic rings. The molecule has 162 valence electrons. The molecular weight excluding hydrogens is 396 g/mol. The monoisotopic (exact) mass is 424 g/mol. The van der Waals surface area contributed by atoms with Crippen LogP contribution in [0.15, 0.2) is 66.9 Å². The summed E-state index contributed by atoms with van der Waals surface area (Å²) in [6.45, 7) is 4.82. The van der Waals surface area contributed by atoms with Gasteiger partial charge >= 0.3 is 0 Å². The number of aromatic nitrogens is 3. The van der Waals surface area contributed by atoms with Crippen molar-refractivity contribution in [3.63, 3.8) is 0 Å². The lowest BCUT2D eigenvalue weighted by Crippen LogP contribution is -2.44. The van der Waals surface area contributed by atoms with E-state index in [1.165, 1.54) is 5.69 Å². The Bertz CT molecular complexity index is 1190. The van der Waals surface area contributed by atoms with E-state index in [9.17, 15) is 0 Å². The molecule has 6 nitrogen and oxygen atoms in total. The fraction of sp³-hybridized carbons (Fsp3) is 0.231.